The van der Waals surface area contributed by atoms with Gasteiger partial charge in [0.15, 0.2) is 0 Å². The van der Waals surface area contributed by atoms with Crippen molar-refractivity contribution in [1.82, 2.24) is 0 Å². The van der Waals surface area contributed by atoms with Crippen LogP contribution in [0, 0.1) is 0 Å². The van der Waals surface area contributed by atoms with Crippen LogP contribution in [0.15, 0.2) is 77.7 Å². The van der Waals surface area contributed by atoms with Crippen LogP contribution in [0.25, 0.3) is 0 Å². The molecule has 32 heavy (non-hydrogen) atoms. The minimum absolute atomic E-state index is 0.0535. The number of benzene rings is 3. The maximum Gasteiger partial charge on any atom is 0.416 e. The van der Waals surface area contributed by atoms with Gasteiger partial charge in [0.1, 0.15) is 6.54 Å². The van der Waals surface area contributed by atoms with Gasteiger partial charge in [-0.25, -0.2) is 8.42 Å². The van der Waals surface area contributed by atoms with E-state index in [9.17, 15) is 26.4 Å². The second-order valence-corrected chi connectivity index (χ2v) is 9.17. The Morgan fingerprint density at radius 2 is 1.59 bits per heavy atom. The number of nitrogens with one attached hydrogen (secondary N) is 1. The lowest BCUT2D eigenvalue weighted by Gasteiger charge is -2.25. The normalized spacial score (nSPS) is 11.8. The highest BCUT2D eigenvalue weighted by molar-refractivity contribution is 7.92. The molecule has 0 aliphatic carbocycles. The van der Waals surface area contributed by atoms with Crippen LogP contribution >= 0.6 is 23.2 Å². The maximum atomic E-state index is 13.3. The van der Waals surface area contributed by atoms with Gasteiger partial charge in [0.2, 0.25) is 5.91 Å². The molecule has 0 aliphatic heterocycles. The van der Waals surface area contributed by atoms with Crippen molar-refractivity contribution in [1.29, 1.82) is 0 Å². The molecule has 0 saturated heterocycles. The van der Waals surface area contributed by atoms with Gasteiger partial charge in [-0.3, -0.25) is 9.10 Å². The summed E-state index contributed by atoms with van der Waals surface area (Å²) in [4.78, 5) is 12.5. The maximum absolute atomic E-state index is 13.3. The van der Waals surface area contributed by atoms with Gasteiger partial charge >= 0.3 is 6.18 Å². The van der Waals surface area contributed by atoms with Crippen molar-refractivity contribution in [2.75, 3.05) is 16.2 Å². The summed E-state index contributed by atoms with van der Waals surface area (Å²) in [7, 11) is -4.26. The Hall–Kier alpha value is -2.75. The lowest BCUT2D eigenvalue weighted by Crippen LogP contribution is -2.38. The molecule has 0 spiro atoms. The molecule has 0 fully saturated rings. The molecule has 0 bridgehead atoms. The standard InChI is InChI=1S/C21H15Cl2F3N2O3S/c22-17-10-5-11-18(20(17)23)28(32(30,31)16-8-2-1-3-9-16)13-19(29)27-15-7-4-6-14(12-15)21(24,25)26/h1-12H,13H2,(H,27,29). The van der Waals surface area contributed by atoms with Crippen molar-refractivity contribution in [2.45, 2.75) is 11.1 Å². The fourth-order valence-corrected chi connectivity index (χ4v) is 4.71. The fraction of sp³-hybridized carbons (Fsp3) is 0.0952. The average Bonchev–Trinajstić information content (AvgIpc) is 2.74. The first-order chi connectivity index (χ1) is 15.0. The number of alkyl halides is 3. The van der Waals surface area contributed by atoms with Gasteiger partial charge < -0.3 is 5.32 Å². The first kappa shape index (κ1) is 23.9. The molecule has 5 nitrogen and oxygen atoms in total. The van der Waals surface area contributed by atoms with E-state index < -0.39 is 34.2 Å². The number of hydrogen-bond donors (Lipinski definition) is 1. The van der Waals surface area contributed by atoms with E-state index in [1.807, 2.05) is 0 Å². The number of amides is 1. The molecule has 168 valence electrons. The largest absolute Gasteiger partial charge is 0.416 e. The zero-order chi connectivity index (χ0) is 23.5. The summed E-state index contributed by atoms with van der Waals surface area (Å²) < 4.78 is 66.1. The molecule has 0 aliphatic rings. The van der Waals surface area contributed by atoms with Crippen LogP contribution in [0.2, 0.25) is 10.0 Å². The van der Waals surface area contributed by atoms with Crippen molar-refractivity contribution >= 4 is 50.5 Å². The fourth-order valence-electron chi connectivity index (χ4n) is 2.81. The van der Waals surface area contributed by atoms with Crippen LogP contribution in [0.5, 0.6) is 0 Å². The number of hydrogen-bond acceptors (Lipinski definition) is 3. The van der Waals surface area contributed by atoms with Crippen LogP contribution in [-0.4, -0.2) is 20.9 Å². The Labute approximate surface area is 192 Å². The molecule has 1 amide bonds. The first-order valence-corrected chi connectivity index (χ1v) is 11.2. The summed E-state index contributed by atoms with van der Waals surface area (Å²) in [6.07, 6.45) is -4.60. The third-order valence-electron chi connectivity index (χ3n) is 4.29. The number of nitrogens with zero attached hydrogens (tertiary/aromatic N) is 1. The highest BCUT2D eigenvalue weighted by Crippen LogP contribution is 2.35. The summed E-state index contributed by atoms with van der Waals surface area (Å²) in [5.41, 5.74) is -1.15. The van der Waals surface area contributed by atoms with Crippen LogP contribution in [-0.2, 0) is 21.0 Å². The van der Waals surface area contributed by atoms with Crippen LogP contribution in [0.1, 0.15) is 5.56 Å². The Kier molecular flexibility index (Phi) is 7.02. The number of carbonyl (C=O) groups excluding carboxylic acids is 1. The van der Waals surface area contributed by atoms with Gasteiger partial charge in [-0.05, 0) is 42.5 Å². The molecule has 0 radical (unpaired) electrons. The Morgan fingerprint density at radius 3 is 2.25 bits per heavy atom. The van der Waals surface area contributed by atoms with Gasteiger partial charge in [0.25, 0.3) is 10.0 Å². The van der Waals surface area contributed by atoms with E-state index in [0.717, 1.165) is 22.5 Å². The van der Waals surface area contributed by atoms with Crippen LogP contribution in [0.4, 0.5) is 24.5 Å². The molecular weight excluding hydrogens is 488 g/mol. The minimum Gasteiger partial charge on any atom is -0.325 e. The van der Waals surface area contributed by atoms with Gasteiger partial charge in [0, 0.05) is 5.69 Å². The molecule has 3 rings (SSSR count). The van der Waals surface area contributed by atoms with Crippen molar-refractivity contribution in [2.24, 2.45) is 0 Å². The topological polar surface area (TPSA) is 66.5 Å². The number of sulfonamides is 1. The molecular formula is C21H15Cl2F3N2O3S. The lowest BCUT2D eigenvalue weighted by atomic mass is 10.2. The molecule has 0 aromatic heterocycles. The molecule has 11 heteroatoms. The molecule has 0 saturated carbocycles. The summed E-state index contributed by atoms with van der Waals surface area (Å²) in [5.74, 6) is -0.875. The Morgan fingerprint density at radius 1 is 0.938 bits per heavy atom. The number of halogens is 5. The zero-order valence-corrected chi connectivity index (χ0v) is 18.4. The SMILES string of the molecule is O=C(CN(c1cccc(Cl)c1Cl)S(=O)(=O)c1ccccc1)Nc1cccc(C(F)(F)F)c1. The van der Waals surface area contributed by atoms with E-state index in [1.54, 1.807) is 6.07 Å². The highest BCUT2D eigenvalue weighted by Gasteiger charge is 2.31. The molecule has 1 N–H and O–H groups in total. The van der Waals surface area contributed by atoms with E-state index in [1.165, 1.54) is 48.5 Å². The second kappa shape index (κ2) is 9.40. The van der Waals surface area contributed by atoms with Gasteiger partial charge in [-0.2, -0.15) is 13.2 Å². The zero-order valence-electron chi connectivity index (χ0n) is 16.1. The van der Waals surface area contributed by atoms with Crippen molar-refractivity contribution in [3.63, 3.8) is 0 Å². The molecule has 0 atom stereocenters. The van der Waals surface area contributed by atoms with Crippen molar-refractivity contribution in [3.8, 4) is 0 Å². The Balaban J connectivity index is 1.96. The summed E-state index contributed by atoms with van der Waals surface area (Å²) in [5, 5.41) is 2.26. The monoisotopic (exact) mass is 502 g/mol. The third-order valence-corrected chi connectivity index (χ3v) is 6.87. The third kappa shape index (κ3) is 5.35. The van der Waals surface area contributed by atoms with Crippen LogP contribution < -0.4 is 9.62 Å². The highest BCUT2D eigenvalue weighted by atomic mass is 35.5. The quantitative estimate of drug-likeness (QED) is 0.459. The van der Waals surface area contributed by atoms with E-state index >= 15 is 0 Å². The summed E-state index contributed by atoms with van der Waals surface area (Å²) in [6.45, 7) is -0.756. The lowest BCUT2D eigenvalue weighted by molar-refractivity contribution is -0.137. The predicted molar refractivity (Wildman–Crippen MR) is 118 cm³/mol. The van der Waals surface area contributed by atoms with Gasteiger partial charge in [0.05, 0.1) is 26.2 Å². The Bertz CT molecular complexity index is 1240. The van der Waals surface area contributed by atoms with E-state index in [2.05, 4.69) is 5.32 Å². The average molecular weight is 503 g/mol. The van der Waals surface area contributed by atoms with Crippen molar-refractivity contribution in [3.05, 3.63) is 88.4 Å². The summed E-state index contributed by atoms with van der Waals surface area (Å²) >= 11 is 12.2. The molecule has 3 aromatic rings. The van der Waals surface area contributed by atoms with Gasteiger partial charge in [-0.15, -0.1) is 0 Å². The number of carbonyl (C=O) groups is 1. The smallest absolute Gasteiger partial charge is 0.325 e. The van der Waals surface area contributed by atoms with E-state index in [4.69, 9.17) is 23.2 Å². The first-order valence-electron chi connectivity index (χ1n) is 8.99. The van der Waals surface area contributed by atoms with Gasteiger partial charge in [-0.1, -0.05) is 53.5 Å². The predicted octanol–water partition coefficient (Wildman–Crippen LogP) is 5.85. The molecule has 0 heterocycles. The van der Waals surface area contributed by atoms with Crippen LogP contribution in [0.3, 0.4) is 0 Å². The van der Waals surface area contributed by atoms with E-state index in [-0.39, 0.29) is 26.3 Å². The number of anilines is 2. The molecule has 3 aromatic carbocycles. The van der Waals surface area contributed by atoms with Crippen molar-refractivity contribution < 1.29 is 26.4 Å². The summed E-state index contributed by atoms with van der Waals surface area (Å²) in [6, 6.07) is 15.6. The van der Waals surface area contributed by atoms with E-state index in [0.29, 0.717) is 0 Å². The number of rotatable bonds is 6. The second-order valence-electron chi connectivity index (χ2n) is 6.52. The molecule has 0 unspecified atom stereocenters. The minimum atomic E-state index is -4.60.